The predicted molar refractivity (Wildman–Crippen MR) is 65.7 cm³/mol. The van der Waals surface area contributed by atoms with Crippen LogP contribution >= 0.6 is 24.8 Å². The van der Waals surface area contributed by atoms with E-state index >= 15 is 0 Å². The van der Waals surface area contributed by atoms with Crippen LogP contribution in [0.15, 0.2) is 24.3 Å². The summed E-state index contributed by atoms with van der Waals surface area (Å²) < 4.78 is 0.496. The van der Waals surface area contributed by atoms with Gasteiger partial charge in [-0.1, -0.05) is 30.4 Å². The molecule has 1 aromatic rings. The zero-order valence-electron chi connectivity index (χ0n) is 7.77. The maximum absolute atomic E-state index is 8.64. The summed E-state index contributed by atoms with van der Waals surface area (Å²) in [5, 5.41) is 8.64. The molecule has 1 rings (SSSR count). The largest absolute Gasteiger partial charge is 0.330 e. The average Bonchev–Trinajstić information content (AvgIpc) is 2.18. The van der Waals surface area contributed by atoms with Crippen LogP contribution in [0.1, 0.15) is 5.56 Å². The summed E-state index contributed by atoms with van der Waals surface area (Å²) >= 11 is 9.05. The highest BCUT2D eigenvalue weighted by Gasteiger charge is 2.07. The number of para-hydroxylation sites is 1. The number of thiocarbonyl (C=S) groups is 1. The summed E-state index contributed by atoms with van der Waals surface area (Å²) in [6.07, 6.45) is 0.386. The first-order chi connectivity index (χ1) is 6.66. The van der Waals surface area contributed by atoms with Crippen molar-refractivity contribution in [2.75, 3.05) is 11.9 Å². The van der Waals surface area contributed by atoms with Gasteiger partial charge in [-0.05, 0) is 11.6 Å². The van der Waals surface area contributed by atoms with Crippen molar-refractivity contribution in [3.63, 3.8) is 0 Å². The van der Waals surface area contributed by atoms with Crippen molar-refractivity contribution < 1.29 is 0 Å². The summed E-state index contributed by atoms with van der Waals surface area (Å²) in [5.41, 5.74) is 1.91. The summed E-state index contributed by atoms with van der Waals surface area (Å²) in [6.45, 7) is 0. The van der Waals surface area contributed by atoms with Crippen molar-refractivity contribution >= 4 is 34.9 Å². The summed E-state index contributed by atoms with van der Waals surface area (Å²) in [6, 6.07) is 9.79. The third-order valence-corrected chi connectivity index (χ3v) is 2.48. The summed E-state index contributed by atoms with van der Waals surface area (Å²) in [5.74, 6) is 0. The zero-order valence-corrected chi connectivity index (χ0v) is 9.48. The number of hydrogen-bond donors (Lipinski definition) is 1. The van der Waals surface area contributed by atoms with Gasteiger partial charge >= 0.3 is 0 Å². The van der Waals surface area contributed by atoms with E-state index in [1.54, 1.807) is 4.90 Å². The normalized spacial score (nSPS) is 9.21. The smallest absolute Gasteiger partial charge is 0.137 e. The SMILES string of the molecule is CN(C(=S)S)c1ccccc1CC#N. The lowest BCUT2D eigenvalue weighted by molar-refractivity contribution is 1.20. The predicted octanol–water partition coefficient (Wildman–Crippen LogP) is 2.40. The van der Waals surface area contributed by atoms with E-state index in [2.05, 4.69) is 18.7 Å². The Labute approximate surface area is 94.6 Å². The lowest BCUT2D eigenvalue weighted by Crippen LogP contribution is -2.20. The molecule has 14 heavy (non-hydrogen) atoms. The Kier molecular flexibility index (Phi) is 3.93. The molecule has 0 fully saturated rings. The number of rotatable bonds is 2. The molecule has 1 aromatic carbocycles. The molecular weight excluding hydrogens is 212 g/mol. The van der Waals surface area contributed by atoms with Crippen LogP contribution in [-0.4, -0.2) is 11.4 Å². The summed E-state index contributed by atoms with van der Waals surface area (Å²) in [7, 11) is 1.84. The van der Waals surface area contributed by atoms with Crippen LogP contribution in [0.25, 0.3) is 0 Å². The fourth-order valence-corrected chi connectivity index (χ4v) is 1.38. The summed E-state index contributed by atoms with van der Waals surface area (Å²) in [4.78, 5) is 1.78. The van der Waals surface area contributed by atoms with Gasteiger partial charge in [0, 0.05) is 12.7 Å². The molecule has 0 aromatic heterocycles. The molecular formula is C10H10N2S2. The van der Waals surface area contributed by atoms with Gasteiger partial charge in [0.05, 0.1) is 12.5 Å². The van der Waals surface area contributed by atoms with Crippen LogP contribution in [0, 0.1) is 11.3 Å². The lowest BCUT2D eigenvalue weighted by Gasteiger charge is -2.19. The highest BCUT2D eigenvalue weighted by molar-refractivity contribution is 8.11. The topological polar surface area (TPSA) is 27.0 Å². The monoisotopic (exact) mass is 222 g/mol. The molecule has 0 aliphatic carbocycles. The Balaban J connectivity index is 3.07. The molecule has 0 unspecified atom stereocenters. The minimum absolute atomic E-state index is 0.386. The third-order valence-electron chi connectivity index (χ3n) is 1.91. The van der Waals surface area contributed by atoms with E-state index in [-0.39, 0.29) is 0 Å². The Morgan fingerprint density at radius 2 is 2.21 bits per heavy atom. The first-order valence-corrected chi connectivity index (χ1v) is 4.94. The van der Waals surface area contributed by atoms with Crippen LogP contribution in [0.4, 0.5) is 5.69 Å². The molecule has 0 saturated heterocycles. The van der Waals surface area contributed by atoms with Crippen molar-refractivity contribution in [3.8, 4) is 6.07 Å². The van der Waals surface area contributed by atoms with Crippen LogP contribution in [-0.2, 0) is 6.42 Å². The van der Waals surface area contributed by atoms with Gasteiger partial charge in [0.1, 0.15) is 4.32 Å². The van der Waals surface area contributed by atoms with Crippen molar-refractivity contribution in [2.45, 2.75) is 6.42 Å². The first kappa shape index (κ1) is 11.0. The Morgan fingerprint density at radius 3 is 2.79 bits per heavy atom. The molecule has 0 aliphatic heterocycles. The Morgan fingerprint density at radius 1 is 1.57 bits per heavy atom. The fourth-order valence-electron chi connectivity index (χ4n) is 1.18. The number of thiol groups is 1. The van der Waals surface area contributed by atoms with Crippen LogP contribution in [0.3, 0.4) is 0 Å². The minimum Gasteiger partial charge on any atom is -0.330 e. The second-order valence-corrected chi connectivity index (χ2v) is 3.92. The number of anilines is 1. The standard InChI is InChI=1S/C10H10N2S2/c1-12(10(13)14)9-5-3-2-4-8(9)6-7-11/h2-5H,6H2,1H3,(H,13,14). The van der Waals surface area contributed by atoms with E-state index in [1.165, 1.54) is 0 Å². The van der Waals surface area contributed by atoms with Crippen LogP contribution < -0.4 is 4.90 Å². The van der Waals surface area contributed by atoms with Gasteiger partial charge in [-0.2, -0.15) is 5.26 Å². The first-order valence-electron chi connectivity index (χ1n) is 4.08. The average molecular weight is 222 g/mol. The molecule has 0 saturated carbocycles. The van der Waals surface area contributed by atoms with E-state index < -0.39 is 0 Å². The van der Waals surface area contributed by atoms with Gasteiger partial charge in [0.15, 0.2) is 0 Å². The molecule has 4 heteroatoms. The van der Waals surface area contributed by atoms with Gasteiger partial charge in [-0.15, -0.1) is 12.6 Å². The van der Waals surface area contributed by atoms with E-state index in [0.717, 1.165) is 11.3 Å². The van der Waals surface area contributed by atoms with Gasteiger partial charge in [-0.25, -0.2) is 0 Å². The second-order valence-electron chi connectivity index (χ2n) is 2.81. The second kappa shape index (κ2) is 4.99. The number of benzene rings is 1. The molecule has 72 valence electrons. The minimum atomic E-state index is 0.386. The van der Waals surface area contributed by atoms with Crippen LogP contribution in [0.2, 0.25) is 0 Å². The molecule has 0 bridgehead atoms. The van der Waals surface area contributed by atoms with Gasteiger partial charge < -0.3 is 4.90 Å². The van der Waals surface area contributed by atoms with Gasteiger partial charge in [-0.3, -0.25) is 0 Å². The zero-order chi connectivity index (χ0) is 10.6. The molecule has 0 N–H and O–H groups in total. The number of nitriles is 1. The van der Waals surface area contributed by atoms with E-state index in [9.17, 15) is 0 Å². The molecule has 0 amide bonds. The number of nitrogens with zero attached hydrogens (tertiary/aromatic N) is 2. The van der Waals surface area contributed by atoms with E-state index in [4.69, 9.17) is 17.5 Å². The van der Waals surface area contributed by atoms with E-state index in [0.29, 0.717) is 10.7 Å². The highest BCUT2D eigenvalue weighted by atomic mass is 32.1. The molecule has 0 aliphatic rings. The molecule has 0 radical (unpaired) electrons. The number of hydrogen-bond acceptors (Lipinski definition) is 2. The van der Waals surface area contributed by atoms with Crippen molar-refractivity contribution in [3.05, 3.63) is 29.8 Å². The maximum Gasteiger partial charge on any atom is 0.137 e. The lowest BCUT2D eigenvalue weighted by atomic mass is 10.1. The third kappa shape index (κ3) is 2.47. The maximum atomic E-state index is 8.64. The van der Waals surface area contributed by atoms with Crippen molar-refractivity contribution in [1.82, 2.24) is 0 Å². The van der Waals surface area contributed by atoms with Gasteiger partial charge in [0.25, 0.3) is 0 Å². The fraction of sp³-hybridized carbons (Fsp3) is 0.200. The van der Waals surface area contributed by atoms with Crippen molar-refractivity contribution in [1.29, 1.82) is 5.26 Å². The molecule has 0 spiro atoms. The van der Waals surface area contributed by atoms with Crippen molar-refractivity contribution in [2.24, 2.45) is 0 Å². The van der Waals surface area contributed by atoms with Gasteiger partial charge in [0.2, 0.25) is 0 Å². The highest BCUT2D eigenvalue weighted by Crippen LogP contribution is 2.20. The Hall–Kier alpha value is -1.05. The Bertz CT molecular complexity index is 382. The van der Waals surface area contributed by atoms with Crippen LogP contribution in [0.5, 0.6) is 0 Å². The molecule has 0 atom stereocenters. The molecule has 0 heterocycles. The molecule has 2 nitrogen and oxygen atoms in total. The van der Waals surface area contributed by atoms with E-state index in [1.807, 2.05) is 31.3 Å². The quantitative estimate of drug-likeness (QED) is 0.615.